The summed E-state index contributed by atoms with van der Waals surface area (Å²) in [5, 5.41) is 13.0. The Balaban J connectivity index is 2.07. The second-order valence-corrected chi connectivity index (χ2v) is 5.23. The Hall–Kier alpha value is -2.46. The van der Waals surface area contributed by atoms with Gasteiger partial charge in [0.05, 0.1) is 11.4 Å². The Morgan fingerprint density at radius 2 is 1.81 bits per heavy atom. The Bertz CT molecular complexity index is 847. The zero-order valence-electron chi connectivity index (χ0n) is 11.3. The molecule has 2 N–H and O–H groups in total. The number of hydrogen-bond acceptors (Lipinski definition) is 2. The molecular weight excluding hydrogens is 288 g/mol. The third-order valence-corrected chi connectivity index (χ3v) is 3.72. The number of phenols is 1. The van der Waals surface area contributed by atoms with Crippen LogP contribution in [0.3, 0.4) is 0 Å². The molecule has 0 radical (unpaired) electrons. The fraction of sp³-hybridized carbons (Fsp3) is 0.0625. The van der Waals surface area contributed by atoms with Crippen molar-refractivity contribution in [2.45, 2.75) is 6.92 Å². The molecule has 0 bridgehead atoms. The molecule has 3 aromatic rings. The van der Waals surface area contributed by atoms with Gasteiger partial charge in [0.25, 0.3) is 5.56 Å². The maximum Gasteiger partial charge on any atom is 0.271 e. The van der Waals surface area contributed by atoms with Gasteiger partial charge in [0, 0.05) is 11.1 Å². The molecule has 0 aliphatic heterocycles. The first-order chi connectivity index (χ1) is 10.0. The van der Waals surface area contributed by atoms with Gasteiger partial charge in [-0.25, -0.2) is 4.68 Å². The van der Waals surface area contributed by atoms with Crippen LogP contribution in [0.15, 0.2) is 53.3 Å². The predicted octanol–water partition coefficient (Wildman–Crippen LogP) is 3.50. The lowest BCUT2D eigenvalue weighted by Crippen LogP contribution is -2.13. The average Bonchev–Trinajstić information content (AvgIpc) is 2.85. The lowest BCUT2D eigenvalue weighted by Gasteiger charge is -2.05. The molecule has 0 aliphatic carbocycles. The first-order valence-electron chi connectivity index (χ1n) is 6.42. The van der Waals surface area contributed by atoms with Gasteiger partial charge in [-0.3, -0.25) is 9.89 Å². The van der Waals surface area contributed by atoms with Crippen molar-refractivity contribution in [1.82, 2.24) is 9.78 Å². The van der Waals surface area contributed by atoms with E-state index in [2.05, 4.69) is 5.10 Å². The number of rotatable bonds is 2. The molecule has 21 heavy (non-hydrogen) atoms. The van der Waals surface area contributed by atoms with E-state index < -0.39 is 0 Å². The number of nitrogens with one attached hydrogen (secondary N) is 1. The molecule has 0 saturated carbocycles. The van der Waals surface area contributed by atoms with Gasteiger partial charge >= 0.3 is 0 Å². The van der Waals surface area contributed by atoms with E-state index >= 15 is 0 Å². The minimum Gasteiger partial charge on any atom is -0.508 e. The summed E-state index contributed by atoms with van der Waals surface area (Å²) in [6.07, 6.45) is 0. The van der Waals surface area contributed by atoms with Crippen LogP contribution >= 0.6 is 11.6 Å². The van der Waals surface area contributed by atoms with Crippen molar-refractivity contribution >= 4 is 11.6 Å². The summed E-state index contributed by atoms with van der Waals surface area (Å²) < 4.78 is 1.44. The number of aromatic amines is 1. The molecule has 1 aromatic heterocycles. The number of H-pyrrole nitrogens is 1. The fourth-order valence-corrected chi connectivity index (χ4v) is 2.27. The minimum atomic E-state index is -0.169. The summed E-state index contributed by atoms with van der Waals surface area (Å²) in [6, 6.07) is 13.6. The van der Waals surface area contributed by atoms with Gasteiger partial charge in [0.15, 0.2) is 0 Å². The standard InChI is InChI=1S/C16H13ClN2O2/c1-10-2-5-12(8-14(10)17)19-16(21)9-15(18-19)11-3-6-13(20)7-4-11/h2-9,18,20H,1H3. The molecule has 0 saturated heterocycles. The van der Waals surface area contributed by atoms with E-state index in [1.807, 2.05) is 19.1 Å². The number of aromatic nitrogens is 2. The maximum absolute atomic E-state index is 12.1. The van der Waals surface area contributed by atoms with Crippen molar-refractivity contribution in [2.75, 3.05) is 0 Å². The molecule has 3 rings (SSSR count). The van der Waals surface area contributed by atoms with Crippen LogP contribution in [0.1, 0.15) is 5.56 Å². The van der Waals surface area contributed by atoms with Gasteiger partial charge in [-0.05, 0) is 54.4 Å². The van der Waals surface area contributed by atoms with E-state index in [-0.39, 0.29) is 11.3 Å². The quantitative estimate of drug-likeness (QED) is 0.761. The zero-order valence-corrected chi connectivity index (χ0v) is 12.1. The molecule has 0 fully saturated rings. The molecule has 0 amide bonds. The Kier molecular flexibility index (Phi) is 3.31. The molecule has 0 spiro atoms. The van der Waals surface area contributed by atoms with Gasteiger partial charge in [-0.1, -0.05) is 17.7 Å². The molecule has 0 atom stereocenters. The third-order valence-electron chi connectivity index (χ3n) is 3.31. The van der Waals surface area contributed by atoms with Crippen LogP contribution in [0.2, 0.25) is 5.02 Å². The number of nitrogens with zero attached hydrogens (tertiary/aromatic N) is 1. The number of hydrogen-bond donors (Lipinski definition) is 2. The highest BCUT2D eigenvalue weighted by atomic mass is 35.5. The van der Waals surface area contributed by atoms with Crippen LogP contribution in [0, 0.1) is 6.92 Å². The first-order valence-corrected chi connectivity index (χ1v) is 6.80. The highest BCUT2D eigenvalue weighted by Crippen LogP contribution is 2.21. The first kappa shape index (κ1) is 13.5. The van der Waals surface area contributed by atoms with E-state index in [4.69, 9.17) is 11.6 Å². The molecular formula is C16H13ClN2O2. The van der Waals surface area contributed by atoms with Crippen LogP contribution in [-0.2, 0) is 0 Å². The summed E-state index contributed by atoms with van der Waals surface area (Å²) >= 11 is 6.10. The number of aryl methyl sites for hydroxylation is 1. The molecule has 2 aromatic carbocycles. The number of phenolic OH excluding ortho intramolecular Hbond substituents is 1. The Labute approximate surface area is 126 Å². The Morgan fingerprint density at radius 3 is 2.48 bits per heavy atom. The van der Waals surface area contributed by atoms with Crippen molar-refractivity contribution in [2.24, 2.45) is 0 Å². The Morgan fingerprint density at radius 1 is 1.10 bits per heavy atom. The number of aromatic hydroxyl groups is 1. The van der Waals surface area contributed by atoms with Gasteiger partial charge in [0.1, 0.15) is 5.75 Å². The maximum atomic E-state index is 12.1. The summed E-state index contributed by atoms with van der Waals surface area (Å²) in [7, 11) is 0. The summed E-state index contributed by atoms with van der Waals surface area (Å²) in [6.45, 7) is 1.91. The van der Waals surface area contributed by atoms with Gasteiger partial charge < -0.3 is 5.11 Å². The van der Waals surface area contributed by atoms with Crippen LogP contribution < -0.4 is 5.56 Å². The highest BCUT2D eigenvalue weighted by Gasteiger charge is 2.08. The van der Waals surface area contributed by atoms with E-state index in [1.165, 1.54) is 10.7 Å². The highest BCUT2D eigenvalue weighted by molar-refractivity contribution is 6.31. The van der Waals surface area contributed by atoms with Crippen molar-refractivity contribution < 1.29 is 5.11 Å². The van der Waals surface area contributed by atoms with Crippen molar-refractivity contribution in [3.05, 3.63) is 69.5 Å². The molecule has 106 valence electrons. The lowest BCUT2D eigenvalue weighted by molar-refractivity contribution is 0.475. The second kappa shape index (κ2) is 5.14. The van der Waals surface area contributed by atoms with E-state index in [0.29, 0.717) is 16.4 Å². The lowest BCUT2D eigenvalue weighted by atomic mass is 10.1. The van der Waals surface area contributed by atoms with Crippen molar-refractivity contribution in [3.8, 4) is 22.7 Å². The van der Waals surface area contributed by atoms with Crippen molar-refractivity contribution in [1.29, 1.82) is 0 Å². The average molecular weight is 301 g/mol. The second-order valence-electron chi connectivity index (χ2n) is 4.82. The SMILES string of the molecule is Cc1ccc(-n2[nH]c(-c3ccc(O)cc3)cc2=O)cc1Cl. The fourth-order valence-electron chi connectivity index (χ4n) is 2.10. The van der Waals surface area contributed by atoms with Crippen LogP contribution in [0.4, 0.5) is 0 Å². The zero-order chi connectivity index (χ0) is 15.0. The van der Waals surface area contributed by atoms with E-state index in [9.17, 15) is 9.90 Å². The van der Waals surface area contributed by atoms with E-state index in [0.717, 1.165) is 11.1 Å². The topological polar surface area (TPSA) is 58.0 Å². The van der Waals surface area contributed by atoms with Crippen molar-refractivity contribution in [3.63, 3.8) is 0 Å². The summed E-state index contributed by atoms with van der Waals surface area (Å²) in [5.74, 6) is 0.186. The van der Waals surface area contributed by atoms with Crippen LogP contribution in [0.5, 0.6) is 5.75 Å². The minimum absolute atomic E-state index is 0.169. The molecule has 5 heteroatoms. The van der Waals surface area contributed by atoms with Gasteiger partial charge in [-0.2, -0.15) is 0 Å². The van der Waals surface area contributed by atoms with Gasteiger partial charge in [-0.15, -0.1) is 0 Å². The van der Waals surface area contributed by atoms with Gasteiger partial charge in [0.2, 0.25) is 0 Å². The largest absolute Gasteiger partial charge is 0.508 e. The number of halogens is 1. The number of benzene rings is 2. The normalized spacial score (nSPS) is 10.8. The third kappa shape index (κ3) is 2.58. The summed E-state index contributed by atoms with van der Waals surface area (Å²) in [4.78, 5) is 12.1. The monoisotopic (exact) mass is 300 g/mol. The molecule has 0 unspecified atom stereocenters. The molecule has 1 heterocycles. The van der Waals surface area contributed by atoms with Crippen LogP contribution in [0.25, 0.3) is 16.9 Å². The van der Waals surface area contributed by atoms with E-state index in [1.54, 1.807) is 30.3 Å². The summed E-state index contributed by atoms with van der Waals surface area (Å²) in [5.41, 5.74) is 2.97. The predicted molar refractivity (Wildman–Crippen MR) is 83.2 cm³/mol. The van der Waals surface area contributed by atoms with Crippen LogP contribution in [-0.4, -0.2) is 14.9 Å². The molecule has 0 aliphatic rings. The smallest absolute Gasteiger partial charge is 0.271 e. The molecule has 4 nitrogen and oxygen atoms in total.